The molecular weight excluding hydrogens is 248 g/mol. The molecule has 1 aromatic carbocycles. The highest BCUT2D eigenvalue weighted by atomic mass is 19.2. The van der Waals surface area contributed by atoms with E-state index in [1.54, 1.807) is 0 Å². The molecule has 0 bridgehead atoms. The Morgan fingerprint density at radius 2 is 1.78 bits per heavy atom. The number of hydrogen-bond acceptors (Lipinski definition) is 1. The Morgan fingerprint density at radius 1 is 1.06 bits per heavy atom. The molecule has 0 N–H and O–H groups in total. The Morgan fingerprint density at radius 3 is 2.44 bits per heavy atom. The Balaban J connectivity index is 2.54. The Labute approximate surface area is 101 Å². The van der Waals surface area contributed by atoms with Gasteiger partial charge < -0.3 is 4.74 Å². The third-order valence-electron chi connectivity index (χ3n) is 2.77. The predicted molar refractivity (Wildman–Crippen MR) is 58.7 cm³/mol. The van der Waals surface area contributed by atoms with Gasteiger partial charge in [0.25, 0.3) is 0 Å². The minimum atomic E-state index is -1.61. The number of rotatable bonds is 2. The van der Waals surface area contributed by atoms with Crippen molar-refractivity contribution in [2.75, 3.05) is 7.11 Å². The molecule has 1 aliphatic carbocycles. The number of benzene rings is 1. The summed E-state index contributed by atoms with van der Waals surface area (Å²) in [5, 5.41) is 0. The summed E-state index contributed by atoms with van der Waals surface area (Å²) >= 11 is 0. The third-order valence-corrected chi connectivity index (χ3v) is 2.77. The smallest absolute Gasteiger partial charge is 0.195 e. The van der Waals surface area contributed by atoms with E-state index in [0.29, 0.717) is 12.8 Å². The van der Waals surface area contributed by atoms with Crippen LogP contribution < -0.4 is 0 Å². The van der Waals surface area contributed by atoms with Crippen molar-refractivity contribution in [3.63, 3.8) is 0 Å². The second-order valence-corrected chi connectivity index (χ2v) is 3.82. The summed E-state index contributed by atoms with van der Waals surface area (Å²) in [4.78, 5) is 0. The van der Waals surface area contributed by atoms with Gasteiger partial charge in [-0.1, -0.05) is 6.08 Å². The summed E-state index contributed by atoms with van der Waals surface area (Å²) in [6, 6.07) is 1.78. The van der Waals surface area contributed by atoms with E-state index >= 15 is 0 Å². The van der Waals surface area contributed by atoms with Gasteiger partial charge in [0, 0.05) is 17.6 Å². The van der Waals surface area contributed by atoms with E-state index in [1.807, 2.05) is 0 Å². The van der Waals surface area contributed by atoms with Crippen LogP contribution >= 0.6 is 0 Å². The lowest BCUT2D eigenvalue weighted by Crippen LogP contribution is -2.03. The minimum Gasteiger partial charge on any atom is -0.498 e. The van der Waals surface area contributed by atoms with E-state index in [0.717, 1.165) is 12.1 Å². The molecule has 0 heterocycles. The molecule has 0 fully saturated rings. The second-order valence-electron chi connectivity index (χ2n) is 3.82. The lowest BCUT2D eigenvalue weighted by Gasteiger charge is -2.16. The quantitative estimate of drug-likeness (QED) is 0.573. The molecule has 96 valence electrons. The third kappa shape index (κ3) is 2.00. The van der Waals surface area contributed by atoms with Crippen molar-refractivity contribution in [1.82, 2.24) is 0 Å². The summed E-state index contributed by atoms with van der Waals surface area (Å²) in [5.41, 5.74) is -0.407. The number of halogens is 4. The van der Waals surface area contributed by atoms with Crippen molar-refractivity contribution in [2.45, 2.75) is 12.8 Å². The van der Waals surface area contributed by atoms with Gasteiger partial charge in [-0.25, -0.2) is 17.6 Å². The second kappa shape index (κ2) is 4.84. The van der Waals surface area contributed by atoms with Crippen LogP contribution in [0.5, 0.6) is 0 Å². The van der Waals surface area contributed by atoms with E-state index in [-0.39, 0.29) is 16.9 Å². The topological polar surface area (TPSA) is 9.23 Å². The van der Waals surface area contributed by atoms with Crippen LogP contribution in [0.25, 0.3) is 5.57 Å². The zero-order valence-electron chi connectivity index (χ0n) is 9.57. The highest BCUT2D eigenvalue weighted by Gasteiger charge is 2.23. The molecule has 0 spiro atoms. The lowest BCUT2D eigenvalue weighted by molar-refractivity contribution is 0.263. The van der Waals surface area contributed by atoms with Crippen LogP contribution in [0, 0.1) is 17.5 Å². The number of methoxy groups -OCH3 is 1. The maximum Gasteiger partial charge on any atom is 0.195 e. The van der Waals surface area contributed by atoms with Crippen molar-refractivity contribution >= 4 is 5.57 Å². The van der Waals surface area contributed by atoms with Crippen molar-refractivity contribution < 1.29 is 22.3 Å². The van der Waals surface area contributed by atoms with Crippen LogP contribution in [0.2, 0.25) is 0 Å². The van der Waals surface area contributed by atoms with Crippen molar-refractivity contribution in [1.29, 1.82) is 0 Å². The molecular formula is C13H10F4O. The van der Waals surface area contributed by atoms with Gasteiger partial charge >= 0.3 is 0 Å². The van der Waals surface area contributed by atoms with E-state index in [1.165, 1.54) is 13.2 Å². The van der Waals surface area contributed by atoms with E-state index in [2.05, 4.69) is 0 Å². The van der Waals surface area contributed by atoms with Gasteiger partial charge in [-0.2, -0.15) is 0 Å². The molecule has 0 unspecified atom stereocenters. The first-order valence-corrected chi connectivity index (χ1v) is 5.33. The molecule has 0 saturated carbocycles. The fraction of sp³-hybridized carbons (Fsp3) is 0.231. The molecule has 1 aromatic rings. The zero-order chi connectivity index (χ0) is 13.3. The summed E-state index contributed by atoms with van der Waals surface area (Å²) in [7, 11) is 1.31. The van der Waals surface area contributed by atoms with Crippen LogP contribution in [0.4, 0.5) is 17.6 Å². The standard InChI is InChI=1S/C13H10F4O/c1-18-10-4-2-3-7(11(10)15)8-5-6-9(14)13(17)12(8)16/h3,5-6H,2,4H2,1H3. The zero-order valence-corrected chi connectivity index (χ0v) is 9.57. The monoisotopic (exact) mass is 258 g/mol. The normalized spacial score (nSPS) is 15.7. The van der Waals surface area contributed by atoms with Crippen LogP contribution in [0.3, 0.4) is 0 Å². The molecule has 0 aliphatic heterocycles. The first kappa shape index (κ1) is 12.7. The molecule has 0 atom stereocenters. The lowest BCUT2D eigenvalue weighted by atomic mass is 9.96. The van der Waals surface area contributed by atoms with E-state index < -0.39 is 23.3 Å². The fourth-order valence-corrected chi connectivity index (χ4v) is 1.85. The van der Waals surface area contributed by atoms with E-state index in [4.69, 9.17) is 4.74 Å². The average Bonchev–Trinajstić information content (AvgIpc) is 2.37. The molecule has 0 radical (unpaired) electrons. The predicted octanol–water partition coefficient (Wildman–Crippen LogP) is 4.11. The first-order valence-electron chi connectivity index (χ1n) is 5.33. The first-order chi connectivity index (χ1) is 8.56. The molecule has 1 nitrogen and oxygen atoms in total. The maximum absolute atomic E-state index is 13.9. The molecule has 5 heteroatoms. The Hall–Kier alpha value is -1.78. The van der Waals surface area contributed by atoms with Crippen molar-refractivity contribution in [2.24, 2.45) is 0 Å². The number of allylic oxidation sites excluding steroid dienone is 4. The Kier molecular flexibility index (Phi) is 3.41. The molecule has 0 saturated heterocycles. The maximum atomic E-state index is 13.9. The summed E-state index contributed by atoms with van der Waals surface area (Å²) in [6.07, 6.45) is 2.25. The highest BCUT2D eigenvalue weighted by molar-refractivity contribution is 5.78. The van der Waals surface area contributed by atoms with Gasteiger partial charge in [-0.3, -0.25) is 0 Å². The molecule has 18 heavy (non-hydrogen) atoms. The molecule has 0 amide bonds. The SMILES string of the molecule is COC1=C(F)C(c2ccc(F)c(F)c2F)=CCC1. The van der Waals surface area contributed by atoms with Crippen LogP contribution in [-0.2, 0) is 4.74 Å². The van der Waals surface area contributed by atoms with Gasteiger partial charge in [-0.15, -0.1) is 0 Å². The van der Waals surface area contributed by atoms with Crippen molar-refractivity contribution in [3.05, 3.63) is 52.8 Å². The highest BCUT2D eigenvalue weighted by Crippen LogP contribution is 2.35. The van der Waals surface area contributed by atoms with Crippen LogP contribution in [0.15, 0.2) is 29.8 Å². The molecule has 2 rings (SSSR count). The van der Waals surface area contributed by atoms with Gasteiger partial charge in [0.2, 0.25) is 0 Å². The van der Waals surface area contributed by atoms with Gasteiger partial charge in [-0.05, 0) is 18.6 Å². The summed E-state index contributed by atoms with van der Waals surface area (Å²) < 4.78 is 58.2. The number of ether oxygens (including phenoxy) is 1. The summed E-state index contributed by atoms with van der Waals surface area (Å²) in [6.45, 7) is 0. The fourth-order valence-electron chi connectivity index (χ4n) is 1.85. The Bertz CT molecular complexity index is 546. The van der Waals surface area contributed by atoms with Gasteiger partial charge in [0.15, 0.2) is 23.3 Å². The largest absolute Gasteiger partial charge is 0.498 e. The molecule has 1 aliphatic rings. The van der Waals surface area contributed by atoms with Crippen LogP contribution in [-0.4, -0.2) is 7.11 Å². The van der Waals surface area contributed by atoms with Crippen LogP contribution in [0.1, 0.15) is 18.4 Å². The van der Waals surface area contributed by atoms with Gasteiger partial charge in [0.05, 0.1) is 7.11 Å². The average molecular weight is 258 g/mol. The van der Waals surface area contributed by atoms with Gasteiger partial charge in [0.1, 0.15) is 5.76 Å². The van der Waals surface area contributed by atoms with Crippen molar-refractivity contribution in [3.8, 4) is 0 Å². The van der Waals surface area contributed by atoms with E-state index in [9.17, 15) is 17.6 Å². The minimum absolute atomic E-state index is 0.0802. The summed E-state index contributed by atoms with van der Waals surface area (Å²) in [5.74, 6) is -4.96. The number of hydrogen-bond donors (Lipinski definition) is 0. The molecule has 0 aromatic heterocycles.